The number of hydrogen-bond donors (Lipinski definition) is 3. The van der Waals surface area contributed by atoms with Gasteiger partial charge in [-0.05, 0) is 24.2 Å². The molecule has 10 heteroatoms. The Balaban J connectivity index is 0.00000338. The summed E-state index contributed by atoms with van der Waals surface area (Å²) >= 11 is 0. The molecular weight excluding hydrogens is 467 g/mol. The summed E-state index contributed by atoms with van der Waals surface area (Å²) in [5.41, 5.74) is 2.84. The lowest BCUT2D eigenvalue weighted by atomic mass is 10.1. The molecule has 1 heterocycles. The molecule has 8 nitrogen and oxygen atoms in total. The van der Waals surface area contributed by atoms with Crippen LogP contribution in [0.3, 0.4) is 0 Å². The minimum Gasteiger partial charge on any atom is -0.352 e. The third kappa shape index (κ3) is 6.92. The highest BCUT2D eigenvalue weighted by atomic mass is 127. The van der Waals surface area contributed by atoms with E-state index >= 15 is 0 Å². The number of hydrogen-bond acceptors (Lipinski definition) is 4. The van der Waals surface area contributed by atoms with Crippen LogP contribution in [0.2, 0.25) is 0 Å². The van der Waals surface area contributed by atoms with Crippen LogP contribution < -0.4 is 15.4 Å². The van der Waals surface area contributed by atoms with Crippen LogP contribution in [0.5, 0.6) is 0 Å². The number of nitrogens with zero attached hydrogens (tertiary/aromatic N) is 3. The minimum absolute atomic E-state index is 0. The van der Waals surface area contributed by atoms with Gasteiger partial charge in [-0.25, -0.2) is 13.1 Å². The van der Waals surface area contributed by atoms with Crippen molar-refractivity contribution >= 4 is 40.0 Å². The maximum absolute atomic E-state index is 11.5. The first-order valence-electron chi connectivity index (χ1n) is 7.84. The molecule has 1 aromatic heterocycles. The van der Waals surface area contributed by atoms with E-state index in [4.69, 9.17) is 0 Å². The van der Waals surface area contributed by atoms with Crippen LogP contribution in [0.1, 0.15) is 16.8 Å². The molecule has 2 rings (SSSR count). The van der Waals surface area contributed by atoms with Crippen molar-refractivity contribution in [3.63, 3.8) is 0 Å². The minimum atomic E-state index is -3.25. The highest BCUT2D eigenvalue weighted by Gasteiger charge is 2.08. The van der Waals surface area contributed by atoms with Crippen molar-refractivity contribution in [2.24, 2.45) is 12.0 Å². The third-order valence-corrected chi connectivity index (χ3v) is 5.07. The van der Waals surface area contributed by atoms with Gasteiger partial charge < -0.3 is 10.6 Å². The van der Waals surface area contributed by atoms with Gasteiger partial charge in [0.1, 0.15) is 0 Å². The highest BCUT2D eigenvalue weighted by Crippen LogP contribution is 2.07. The van der Waals surface area contributed by atoms with Crippen molar-refractivity contribution in [2.75, 3.05) is 14.1 Å². The molecular formula is C16H25IN6O2S. The van der Waals surface area contributed by atoms with Crippen LogP contribution in [0.4, 0.5) is 0 Å². The SMILES string of the molecule is CN=C(NCc1ccc(CS(=O)(=O)NC)cc1)NCc1ccnn1C.I. The van der Waals surface area contributed by atoms with Crippen LogP contribution in [0, 0.1) is 0 Å². The average Bonchev–Trinajstić information content (AvgIpc) is 3.01. The topological polar surface area (TPSA) is 100 Å². The Hall–Kier alpha value is -1.66. The number of halogens is 1. The van der Waals surface area contributed by atoms with Crippen molar-refractivity contribution in [2.45, 2.75) is 18.8 Å². The largest absolute Gasteiger partial charge is 0.352 e. The molecule has 0 saturated heterocycles. The number of rotatable bonds is 7. The molecule has 0 saturated carbocycles. The van der Waals surface area contributed by atoms with Crippen molar-refractivity contribution in [1.82, 2.24) is 25.1 Å². The van der Waals surface area contributed by atoms with Gasteiger partial charge in [0.15, 0.2) is 5.96 Å². The molecule has 0 unspecified atom stereocenters. The second-order valence-electron chi connectivity index (χ2n) is 5.51. The van der Waals surface area contributed by atoms with E-state index < -0.39 is 10.0 Å². The first-order valence-corrected chi connectivity index (χ1v) is 9.49. The predicted molar refractivity (Wildman–Crippen MR) is 114 cm³/mol. The summed E-state index contributed by atoms with van der Waals surface area (Å²) in [5.74, 6) is 0.661. The van der Waals surface area contributed by atoms with Gasteiger partial charge in [0.25, 0.3) is 0 Å². The van der Waals surface area contributed by atoms with Crippen molar-refractivity contribution in [1.29, 1.82) is 0 Å². The van der Waals surface area contributed by atoms with E-state index in [9.17, 15) is 8.42 Å². The molecule has 0 radical (unpaired) electrons. The Bertz CT molecular complexity index is 818. The normalized spacial score (nSPS) is 11.7. The van der Waals surface area contributed by atoms with E-state index in [1.54, 1.807) is 17.9 Å². The Morgan fingerprint density at radius 3 is 2.27 bits per heavy atom. The Labute approximate surface area is 171 Å². The Morgan fingerprint density at radius 2 is 1.73 bits per heavy atom. The summed E-state index contributed by atoms with van der Waals surface area (Å²) in [6.45, 7) is 1.21. The van der Waals surface area contributed by atoms with Gasteiger partial charge in [0, 0.05) is 26.8 Å². The number of aromatic nitrogens is 2. The number of nitrogens with one attached hydrogen (secondary N) is 3. The maximum atomic E-state index is 11.5. The fourth-order valence-corrected chi connectivity index (χ4v) is 2.98. The molecule has 0 aliphatic heterocycles. The fraction of sp³-hybridized carbons (Fsp3) is 0.375. The Kier molecular flexibility index (Phi) is 9.02. The van der Waals surface area contributed by atoms with Crippen LogP contribution in [0.25, 0.3) is 0 Å². The highest BCUT2D eigenvalue weighted by molar-refractivity contribution is 14.0. The molecule has 0 bridgehead atoms. The zero-order chi connectivity index (χ0) is 18.3. The summed E-state index contributed by atoms with van der Waals surface area (Å²) < 4.78 is 27.2. The van der Waals surface area contributed by atoms with Crippen molar-refractivity contribution in [3.8, 4) is 0 Å². The molecule has 144 valence electrons. The molecule has 2 aromatic rings. The number of guanidine groups is 1. The fourth-order valence-electron chi connectivity index (χ4n) is 2.20. The summed E-state index contributed by atoms with van der Waals surface area (Å²) in [5, 5.41) is 10.6. The first kappa shape index (κ1) is 22.4. The number of sulfonamides is 1. The quantitative estimate of drug-likeness (QED) is 0.304. The molecule has 0 aliphatic rings. The molecule has 0 atom stereocenters. The second kappa shape index (κ2) is 10.5. The molecule has 3 N–H and O–H groups in total. The number of benzene rings is 1. The molecule has 0 amide bonds. The lowest BCUT2D eigenvalue weighted by Gasteiger charge is -2.12. The number of aliphatic imine (C=N–C) groups is 1. The molecule has 1 aromatic carbocycles. The van der Waals surface area contributed by atoms with Crippen LogP contribution in [-0.4, -0.2) is 38.3 Å². The summed E-state index contributed by atoms with van der Waals surface area (Å²) in [6, 6.07) is 9.39. The van der Waals surface area contributed by atoms with Gasteiger partial charge in [0.2, 0.25) is 10.0 Å². The van der Waals surface area contributed by atoms with E-state index in [1.807, 2.05) is 37.4 Å². The maximum Gasteiger partial charge on any atom is 0.215 e. The first-order chi connectivity index (χ1) is 11.9. The molecule has 0 spiro atoms. The summed E-state index contributed by atoms with van der Waals surface area (Å²) in [7, 11) is 1.77. The van der Waals surface area contributed by atoms with Crippen molar-refractivity contribution < 1.29 is 8.42 Å². The summed E-state index contributed by atoms with van der Waals surface area (Å²) in [4.78, 5) is 4.19. The lowest BCUT2D eigenvalue weighted by molar-refractivity contribution is 0.587. The third-order valence-electron chi connectivity index (χ3n) is 3.73. The monoisotopic (exact) mass is 492 g/mol. The van der Waals surface area contributed by atoms with E-state index in [0.29, 0.717) is 19.0 Å². The smallest absolute Gasteiger partial charge is 0.215 e. The van der Waals surface area contributed by atoms with Crippen LogP contribution in [-0.2, 0) is 35.9 Å². The van der Waals surface area contributed by atoms with Gasteiger partial charge >= 0.3 is 0 Å². The van der Waals surface area contributed by atoms with Gasteiger partial charge in [-0.2, -0.15) is 5.10 Å². The zero-order valence-corrected chi connectivity index (χ0v) is 18.2. The van der Waals surface area contributed by atoms with Gasteiger partial charge in [-0.15, -0.1) is 24.0 Å². The van der Waals surface area contributed by atoms with Gasteiger partial charge in [0.05, 0.1) is 18.0 Å². The van der Waals surface area contributed by atoms with E-state index in [2.05, 4.69) is 25.4 Å². The molecule has 0 fully saturated rings. The van der Waals surface area contributed by atoms with Gasteiger partial charge in [-0.3, -0.25) is 9.67 Å². The lowest BCUT2D eigenvalue weighted by Crippen LogP contribution is -2.36. The average molecular weight is 492 g/mol. The van der Waals surface area contributed by atoms with Crippen LogP contribution in [0.15, 0.2) is 41.5 Å². The molecule has 0 aliphatic carbocycles. The number of aryl methyl sites for hydroxylation is 1. The van der Waals surface area contributed by atoms with E-state index in [1.165, 1.54) is 7.05 Å². The second-order valence-corrected chi connectivity index (χ2v) is 7.43. The van der Waals surface area contributed by atoms with Crippen LogP contribution >= 0.6 is 24.0 Å². The summed E-state index contributed by atoms with van der Waals surface area (Å²) in [6.07, 6.45) is 1.75. The van der Waals surface area contributed by atoms with Gasteiger partial charge in [-0.1, -0.05) is 24.3 Å². The Morgan fingerprint density at radius 1 is 1.12 bits per heavy atom. The zero-order valence-electron chi connectivity index (χ0n) is 15.1. The van der Waals surface area contributed by atoms with E-state index in [0.717, 1.165) is 16.8 Å². The van der Waals surface area contributed by atoms with Crippen molar-refractivity contribution in [3.05, 3.63) is 53.3 Å². The molecule has 26 heavy (non-hydrogen) atoms. The standard InChI is InChI=1S/C16H24N6O2S.HI/c1-17-16(20-11-15-8-9-21-22(15)3)19-10-13-4-6-14(7-5-13)12-25(23,24)18-2;/h4-9,18H,10-12H2,1-3H3,(H2,17,19,20);1H. The predicted octanol–water partition coefficient (Wildman–Crippen LogP) is 0.952. The van der Waals surface area contributed by atoms with E-state index in [-0.39, 0.29) is 29.7 Å².